The van der Waals surface area contributed by atoms with Crippen molar-refractivity contribution in [1.29, 1.82) is 0 Å². The van der Waals surface area contributed by atoms with Crippen LogP contribution in [0.25, 0.3) is 11.3 Å². The summed E-state index contributed by atoms with van der Waals surface area (Å²) < 4.78 is 11.3. The summed E-state index contributed by atoms with van der Waals surface area (Å²) in [6.45, 7) is 11.1. The Morgan fingerprint density at radius 2 is 1.84 bits per heavy atom. The lowest BCUT2D eigenvalue weighted by Crippen LogP contribution is -2.47. The Labute approximate surface area is 190 Å². The molecular formula is C24H35N5O3. The van der Waals surface area contributed by atoms with E-state index in [1.165, 1.54) is 0 Å². The van der Waals surface area contributed by atoms with Gasteiger partial charge in [-0.05, 0) is 26.7 Å². The fourth-order valence-corrected chi connectivity index (χ4v) is 4.30. The molecule has 0 atom stereocenters. The lowest BCUT2D eigenvalue weighted by Gasteiger charge is -2.31. The number of nitrogens with zero attached hydrogens (tertiary/aromatic N) is 4. The lowest BCUT2D eigenvalue weighted by atomic mass is 10.1. The van der Waals surface area contributed by atoms with Gasteiger partial charge in [0.05, 0.1) is 25.3 Å². The van der Waals surface area contributed by atoms with Crippen molar-refractivity contribution >= 4 is 11.9 Å². The summed E-state index contributed by atoms with van der Waals surface area (Å²) in [6, 6.07) is 10.1. The lowest BCUT2D eigenvalue weighted by molar-refractivity contribution is 0.0346. The van der Waals surface area contributed by atoms with Crippen LogP contribution in [0.3, 0.4) is 0 Å². The number of amides is 2. The van der Waals surface area contributed by atoms with Gasteiger partial charge in [0, 0.05) is 50.9 Å². The number of aromatic nitrogens is 1. The van der Waals surface area contributed by atoms with E-state index in [2.05, 4.69) is 20.3 Å². The second-order valence-electron chi connectivity index (χ2n) is 8.85. The van der Waals surface area contributed by atoms with Gasteiger partial charge < -0.3 is 24.4 Å². The van der Waals surface area contributed by atoms with E-state index in [-0.39, 0.29) is 12.1 Å². The second-order valence-corrected chi connectivity index (χ2v) is 8.85. The highest BCUT2D eigenvalue weighted by atomic mass is 16.5. The predicted octanol–water partition coefficient (Wildman–Crippen LogP) is 3.19. The Hall–Kier alpha value is -2.58. The van der Waals surface area contributed by atoms with Gasteiger partial charge in [-0.1, -0.05) is 35.5 Å². The third-order valence-corrected chi connectivity index (χ3v) is 6.05. The van der Waals surface area contributed by atoms with Gasteiger partial charge in [-0.2, -0.15) is 0 Å². The summed E-state index contributed by atoms with van der Waals surface area (Å²) in [7, 11) is 0. The number of morpholine rings is 1. The van der Waals surface area contributed by atoms with Gasteiger partial charge in [0.15, 0.2) is 0 Å². The summed E-state index contributed by atoms with van der Waals surface area (Å²) in [4.78, 5) is 19.6. The van der Waals surface area contributed by atoms with Crippen molar-refractivity contribution in [2.75, 3.05) is 57.4 Å². The van der Waals surface area contributed by atoms with Crippen molar-refractivity contribution in [1.82, 2.24) is 20.3 Å². The smallest absolute Gasteiger partial charge is 0.317 e. The molecule has 1 aromatic carbocycles. The van der Waals surface area contributed by atoms with E-state index in [0.29, 0.717) is 13.1 Å². The maximum atomic E-state index is 13.1. The van der Waals surface area contributed by atoms with Crippen molar-refractivity contribution in [3.8, 4) is 11.3 Å². The summed E-state index contributed by atoms with van der Waals surface area (Å²) in [5.41, 5.74) is 2.81. The van der Waals surface area contributed by atoms with Gasteiger partial charge in [-0.3, -0.25) is 4.90 Å². The minimum absolute atomic E-state index is 0.0548. The van der Waals surface area contributed by atoms with Crippen LogP contribution < -0.4 is 10.2 Å². The van der Waals surface area contributed by atoms with Crippen LogP contribution in [-0.2, 0) is 11.3 Å². The Kier molecular flexibility index (Phi) is 7.65. The Balaban J connectivity index is 1.60. The Morgan fingerprint density at radius 1 is 1.12 bits per heavy atom. The van der Waals surface area contributed by atoms with Crippen LogP contribution in [0.4, 0.5) is 10.7 Å². The average Bonchev–Trinajstić information content (AvgIpc) is 3.47. The molecule has 0 spiro atoms. The van der Waals surface area contributed by atoms with E-state index in [0.717, 1.165) is 81.5 Å². The third kappa shape index (κ3) is 5.61. The zero-order valence-corrected chi connectivity index (χ0v) is 19.3. The van der Waals surface area contributed by atoms with Crippen LogP contribution in [-0.4, -0.2) is 79.5 Å². The molecule has 0 unspecified atom stereocenters. The molecule has 2 aromatic rings. The van der Waals surface area contributed by atoms with Crippen LogP contribution in [0.5, 0.6) is 0 Å². The maximum Gasteiger partial charge on any atom is 0.317 e. The SMILES string of the molecule is CC(C)NC(=O)N(CCN1CCOCC1)Cc1c(-c2ccccc2)noc1N1CCCC1. The molecule has 3 heterocycles. The number of hydrogen-bond donors (Lipinski definition) is 1. The van der Waals surface area contributed by atoms with Gasteiger partial charge in [0.25, 0.3) is 0 Å². The summed E-state index contributed by atoms with van der Waals surface area (Å²) in [6.07, 6.45) is 2.30. The molecular weight excluding hydrogens is 406 g/mol. The van der Waals surface area contributed by atoms with Crippen molar-refractivity contribution < 1.29 is 14.1 Å². The van der Waals surface area contributed by atoms with E-state index in [1.807, 2.05) is 49.1 Å². The summed E-state index contributed by atoms with van der Waals surface area (Å²) in [5, 5.41) is 7.52. The van der Waals surface area contributed by atoms with Crippen LogP contribution in [0.15, 0.2) is 34.9 Å². The number of carbonyl (C=O) groups excluding carboxylic acids is 1. The second kappa shape index (κ2) is 10.8. The molecule has 8 heteroatoms. The summed E-state index contributed by atoms with van der Waals surface area (Å²) in [5.74, 6) is 0.801. The zero-order chi connectivity index (χ0) is 22.3. The van der Waals surface area contributed by atoms with Crippen LogP contribution in [0, 0.1) is 0 Å². The van der Waals surface area contributed by atoms with E-state index in [4.69, 9.17) is 9.26 Å². The Morgan fingerprint density at radius 3 is 2.53 bits per heavy atom. The maximum absolute atomic E-state index is 13.1. The molecule has 174 valence electrons. The first-order chi connectivity index (χ1) is 15.6. The highest BCUT2D eigenvalue weighted by molar-refractivity contribution is 5.76. The Bertz CT molecular complexity index is 858. The zero-order valence-electron chi connectivity index (χ0n) is 19.3. The first-order valence-electron chi connectivity index (χ1n) is 11.8. The molecule has 8 nitrogen and oxygen atoms in total. The highest BCUT2D eigenvalue weighted by Crippen LogP contribution is 2.34. The minimum Gasteiger partial charge on any atom is -0.379 e. The van der Waals surface area contributed by atoms with Crippen molar-refractivity contribution in [2.45, 2.75) is 39.3 Å². The molecule has 0 bridgehead atoms. The molecule has 0 saturated carbocycles. The highest BCUT2D eigenvalue weighted by Gasteiger charge is 2.28. The molecule has 2 amide bonds. The minimum atomic E-state index is -0.0548. The van der Waals surface area contributed by atoms with Crippen LogP contribution in [0.2, 0.25) is 0 Å². The first-order valence-corrected chi connectivity index (χ1v) is 11.8. The van der Waals surface area contributed by atoms with Crippen molar-refractivity contribution in [2.24, 2.45) is 0 Å². The predicted molar refractivity (Wildman–Crippen MR) is 125 cm³/mol. The topological polar surface area (TPSA) is 74.1 Å². The largest absolute Gasteiger partial charge is 0.379 e. The fourth-order valence-electron chi connectivity index (χ4n) is 4.30. The van der Waals surface area contributed by atoms with Gasteiger partial charge >= 0.3 is 6.03 Å². The fraction of sp³-hybridized carbons (Fsp3) is 0.583. The molecule has 2 saturated heterocycles. The molecule has 4 rings (SSSR count). The van der Waals surface area contributed by atoms with Gasteiger partial charge in [-0.25, -0.2) is 4.79 Å². The quantitative estimate of drug-likeness (QED) is 0.678. The number of hydrogen-bond acceptors (Lipinski definition) is 6. The monoisotopic (exact) mass is 441 g/mol. The number of carbonyl (C=O) groups is 1. The molecule has 32 heavy (non-hydrogen) atoms. The van der Waals surface area contributed by atoms with E-state index in [9.17, 15) is 4.79 Å². The molecule has 2 fully saturated rings. The first kappa shape index (κ1) is 22.6. The molecule has 2 aliphatic rings. The van der Waals surface area contributed by atoms with Gasteiger partial charge in [0.2, 0.25) is 5.88 Å². The number of anilines is 1. The van der Waals surface area contributed by atoms with Crippen LogP contribution >= 0.6 is 0 Å². The van der Waals surface area contributed by atoms with Crippen molar-refractivity contribution in [3.63, 3.8) is 0 Å². The number of nitrogens with one attached hydrogen (secondary N) is 1. The summed E-state index contributed by atoms with van der Waals surface area (Å²) >= 11 is 0. The van der Waals surface area contributed by atoms with Gasteiger partial charge in [0.1, 0.15) is 5.69 Å². The molecule has 1 N–H and O–H groups in total. The number of benzene rings is 1. The molecule has 0 radical (unpaired) electrons. The standard InChI is InChI=1S/C24H35N5O3/c1-19(2)25-24(30)29(13-12-27-14-16-31-17-15-27)18-21-22(20-8-4-3-5-9-20)26-32-23(21)28-10-6-7-11-28/h3-5,8-9,19H,6-7,10-18H2,1-2H3,(H,25,30). The normalized spacial score (nSPS) is 17.2. The molecule has 0 aliphatic carbocycles. The molecule has 2 aliphatic heterocycles. The van der Waals surface area contributed by atoms with Gasteiger partial charge in [-0.15, -0.1) is 0 Å². The van der Waals surface area contributed by atoms with E-state index in [1.54, 1.807) is 0 Å². The van der Waals surface area contributed by atoms with Crippen molar-refractivity contribution in [3.05, 3.63) is 35.9 Å². The molecule has 1 aromatic heterocycles. The van der Waals surface area contributed by atoms with E-state index >= 15 is 0 Å². The van der Waals surface area contributed by atoms with E-state index < -0.39 is 0 Å². The van der Waals surface area contributed by atoms with Crippen LogP contribution in [0.1, 0.15) is 32.3 Å². The third-order valence-electron chi connectivity index (χ3n) is 6.05. The average molecular weight is 442 g/mol. The number of rotatable bonds is 8. The number of ether oxygens (including phenoxy) is 1. The number of urea groups is 1.